The molecule has 1 unspecified atom stereocenters. The monoisotopic (exact) mass is 283 g/mol. The fourth-order valence-electron chi connectivity index (χ4n) is 2.43. The van der Waals surface area contributed by atoms with E-state index < -0.39 is 0 Å². The highest BCUT2D eigenvalue weighted by Crippen LogP contribution is 2.29. The number of hydrogen-bond donors (Lipinski definition) is 1. The second-order valence-electron chi connectivity index (χ2n) is 5.06. The van der Waals surface area contributed by atoms with Crippen molar-refractivity contribution in [3.05, 3.63) is 57.2 Å². The Kier molecular flexibility index (Phi) is 3.28. The first-order valence-corrected chi connectivity index (χ1v) is 7.43. The summed E-state index contributed by atoms with van der Waals surface area (Å²) in [5, 5.41) is 2.19. The summed E-state index contributed by atoms with van der Waals surface area (Å²) in [5.74, 6) is 0. The maximum atomic E-state index is 6.40. The normalized spacial score (nSPS) is 12.8. The van der Waals surface area contributed by atoms with Crippen LogP contribution in [0.4, 0.5) is 0 Å². The molecule has 102 valence electrons. The summed E-state index contributed by atoms with van der Waals surface area (Å²) in [5.41, 5.74) is 10.6. The molecule has 0 bridgehead atoms. The first kappa shape index (κ1) is 13.2. The van der Waals surface area contributed by atoms with Crippen LogP contribution in [0.25, 0.3) is 10.9 Å². The second kappa shape index (κ2) is 4.96. The van der Waals surface area contributed by atoms with Crippen LogP contribution >= 0.6 is 11.3 Å². The van der Waals surface area contributed by atoms with E-state index in [1.54, 1.807) is 11.3 Å². The predicted molar refractivity (Wildman–Crippen MR) is 84.1 cm³/mol. The van der Waals surface area contributed by atoms with E-state index in [1.165, 1.54) is 0 Å². The van der Waals surface area contributed by atoms with Crippen molar-refractivity contribution in [2.75, 3.05) is 0 Å². The van der Waals surface area contributed by atoms with E-state index in [-0.39, 0.29) is 6.04 Å². The number of nitrogens with zero attached hydrogens (tertiary/aromatic N) is 2. The molecule has 20 heavy (non-hydrogen) atoms. The average molecular weight is 283 g/mol. The van der Waals surface area contributed by atoms with E-state index in [9.17, 15) is 0 Å². The van der Waals surface area contributed by atoms with Gasteiger partial charge in [0, 0.05) is 16.0 Å². The first-order chi connectivity index (χ1) is 9.54. The van der Waals surface area contributed by atoms with Crippen LogP contribution in [0.15, 0.2) is 30.3 Å². The van der Waals surface area contributed by atoms with Crippen molar-refractivity contribution in [2.24, 2.45) is 5.73 Å². The van der Waals surface area contributed by atoms with Crippen LogP contribution in [0, 0.1) is 20.8 Å². The Balaban J connectivity index is 2.05. The molecule has 0 amide bonds. The summed E-state index contributed by atoms with van der Waals surface area (Å²) in [6.45, 7) is 6.04. The van der Waals surface area contributed by atoms with Gasteiger partial charge in [-0.2, -0.15) is 0 Å². The quantitative estimate of drug-likeness (QED) is 0.780. The Morgan fingerprint density at radius 1 is 1.05 bits per heavy atom. The second-order valence-corrected chi connectivity index (χ2v) is 6.30. The van der Waals surface area contributed by atoms with Gasteiger partial charge in [-0.05, 0) is 44.5 Å². The molecule has 2 heterocycles. The Hall–Kier alpha value is -1.78. The van der Waals surface area contributed by atoms with Crippen LogP contribution < -0.4 is 5.73 Å². The number of pyridine rings is 1. The van der Waals surface area contributed by atoms with Crippen molar-refractivity contribution < 1.29 is 0 Å². The van der Waals surface area contributed by atoms with E-state index in [0.717, 1.165) is 37.7 Å². The van der Waals surface area contributed by atoms with Gasteiger partial charge in [0.15, 0.2) is 0 Å². The van der Waals surface area contributed by atoms with Crippen LogP contribution in [0.1, 0.15) is 32.9 Å². The van der Waals surface area contributed by atoms with Gasteiger partial charge < -0.3 is 5.73 Å². The third kappa shape index (κ3) is 2.32. The molecule has 0 saturated heterocycles. The third-order valence-electron chi connectivity index (χ3n) is 3.43. The topological polar surface area (TPSA) is 51.8 Å². The van der Waals surface area contributed by atoms with Crippen molar-refractivity contribution in [1.82, 2.24) is 9.97 Å². The molecule has 0 radical (unpaired) electrons. The van der Waals surface area contributed by atoms with Gasteiger partial charge in [-0.15, -0.1) is 11.3 Å². The molecule has 3 rings (SSSR count). The fourth-order valence-corrected chi connectivity index (χ4v) is 3.38. The highest BCUT2D eigenvalue weighted by molar-refractivity contribution is 7.11. The van der Waals surface area contributed by atoms with Crippen molar-refractivity contribution in [2.45, 2.75) is 26.8 Å². The Morgan fingerprint density at radius 2 is 1.85 bits per heavy atom. The van der Waals surface area contributed by atoms with Crippen LogP contribution in [-0.4, -0.2) is 9.97 Å². The van der Waals surface area contributed by atoms with Gasteiger partial charge in [-0.25, -0.2) is 4.98 Å². The van der Waals surface area contributed by atoms with Gasteiger partial charge in [-0.1, -0.05) is 12.1 Å². The minimum atomic E-state index is -0.119. The lowest BCUT2D eigenvalue weighted by Crippen LogP contribution is -2.11. The largest absolute Gasteiger partial charge is 0.320 e. The molecule has 2 N–H and O–H groups in total. The summed E-state index contributed by atoms with van der Waals surface area (Å²) >= 11 is 1.67. The highest BCUT2D eigenvalue weighted by atomic mass is 32.1. The molecule has 4 heteroatoms. The summed E-state index contributed by atoms with van der Waals surface area (Å²) in [6, 6.07) is 10.2. The van der Waals surface area contributed by atoms with Crippen LogP contribution in [0.3, 0.4) is 0 Å². The van der Waals surface area contributed by atoms with Gasteiger partial charge >= 0.3 is 0 Å². The number of fused-ring (bicyclic) bond motifs is 1. The number of thiazole rings is 1. The molecule has 3 nitrogen and oxygen atoms in total. The molecule has 1 atom stereocenters. The van der Waals surface area contributed by atoms with Crippen molar-refractivity contribution in [3.63, 3.8) is 0 Å². The van der Waals surface area contributed by atoms with E-state index in [4.69, 9.17) is 5.73 Å². The molecule has 0 saturated carbocycles. The standard InChI is InChI=1S/C16H17N3S/c1-9-4-5-12-8-13(6-7-14(12)18-9)15(17)16-10(2)19-11(3)20-16/h4-8,15H,17H2,1-3H3. The van der Waals surface area contributed by atoms with Crippen molar-refractivity contribution >= 4 is 22.2 Å². The Labute approximate surface area is 122 Å². The molecule has 0 spiro atoms. The number of aromatic nitrogens is 2. The first-order valence-electron chi connectivity index (χ1n) is 6.61. The number of nitrogens with two attached hydrogens (primary N) is 1. The lowest BCUT2D eigenvalue weighted by Gasteiger charge is -2.12. The molecule has 2 aromatic heterocycles. The SMILES string of the molecule is Cc1ccc2cc(C(N)c3sc(C)nc3C)ccc2n1. The highest BCUT2D eigenvalue weighted by Gasteiger charge is 2.15. The number of rotatable bonds is 2. The maximum Gasteiger partial charge on any atom is 0.0900 e. The third-order valence-corrected chi connectivity index (χ3v) is 4.59. The zero-order valence-corrected chi connectivity index (χ0v) is 12.7. The Morgan fingerprint density at radius 3 is 2.55 bits per heavy atom. The van der Waals surface area contributed by atoms with Crippen LogP contribution in [0.5, 0.6) is 0 Å². The van der Waals surface area contributed by atoms with Gasteiger partial charge in [-0.3, -0.25) is 4.98 Å². The van der Waals surface area contributed by atoms with Gasteiger partial charge in [0.2, 0.25) is 0 Å². The molecule has 0 aliphatic rings. The van der Waals surface area contributed by atoms with Crippen LogP contribution in [0.2, 0.25) is 0 Å². The maximum absolute atomic E-state index is 6.40. The molecule has 0 aliphatic heterocycles. The zero-order valence-electron chi connectivity index (χ0n) is 11.8. The molecule has 3 aromatic rings. The predicted octanol–water partition coefficient (Wildman–Crippen LogP) is 3.66. The minimum absolute atomic E-state index is 0.119. The summed E-state index contributed by atoms with van der Waals surface area (Å²) in [7, 11) is 0. The summed E-state index contributed by atoms with van der Waals surface area (Å²) in [6.07, 6.45) is 0. The number of aryl methyl sites for hydroxylation is 3. The molecular weight excluding hydrogens is 266 g/mol. The molecular formula is C16H17N3S. The van der Waals surface area contributed by atoms with Gasteiger partial charge in [0.1, 0.15) is 0 Å². The molecule has 1 aromatic carbocycles. The fraction of sp³-hybridized carbons (Fsp3) is 0.250. The lowest BCUT2D eigenvalue weighted by atomic mass is 10.0. The minimum Gasteiger partial charge on any atom is -0.320 e. The summed E-state index contributed by atoms with van der Waals surface area (Å²) < 4.78 is 0. The van der Waals surface area contributed by atoms with Crippen molar-refractivity contribution in [1.29, 1.82) is 0 Å². The van der Waals surface area contributed by atoms with E-state index >= 15 is 0 Å². The smallest absolute Gasteiger partial charge is 0.0900 e. The molecule has 0 fully saturated rings. The number of hydrogen-bond acceptors (Lipinski definition) is 4. The number of benzene rings is 1. The van der Waals surface area contributed by atoms with E-state index in [0.29, 0.717) is 0 Å². The van der Waals surface area contributed by atoms with Gasteiger partial charge in [0.25, 0.3) is 0 Å². The molecule has 0 aliphatic carbocycles. The zero-order chi connectivity index (χ0) is 14.3. The Bertz CT molecular complexity index is 776. The van der Waals surface area contributed by atoms with E-state index in [2.05, 4.69) is 28.2 Å². The lowest BCUT2D eigenvalue weighted by molar-refractivity contribution is 0.878. The summed E-state index contributed by atoms with van der Waals surface area (Å²) in [4.78, 5) is 10.1. The average Bonchev–Trinajstić information content (AvgIpc) is 2.76. The van der Waals surface area contributed by atoms with Crippen LogP contribution in [-0.2, 0) is 0 Å². The van der Waals surface area contributed by atoms with E-state index in [1.807, 2.05) is 32.9 Å². The van der Waals surface area contributed by atoms with Crippen molar-refractivity contribution in [3.8, 4) is 0 Å². The van der Waals surface area contributed by atoms with Gasteiger partial charge in [0.05, 0.1) is 22.3 Å².